The molecule has 2 N–H and O–H groups in total. The van der Waals surface area contributed by atoms with Crippen LogP contribution in [0.2, 0.25) is 0 Å². The standard InChI is InChI=1S/C25H29FN6O.C25H31N7O3.C24H27FN6O.C22H24N6O/c1-3-20-23-13-22(29-32(23)15-17(2)27-20)21-14-25(33)31-16-19(5-6-24(31)28-21)18-7-11-30(12-8-18)10-4-9-26;1-17-14-32-23(19(3)26-17)12-22(28-32)21-13-25(34)31-16-20(4-5-24(31)27-21)30-7-6-29(18(2)15-30)8-10-35-11-9-33;1-3-19-22-12-21(28-31(22)14-16(2)26-19)20-13-24(32)30-15-18(4-5-23(30)27-20)17-6-9-29(10-7-17)11-8-25;1-13-8-17(16-4-6-23-7-5-16)12-27-21(29)10-18(25-22(13)27)19-9-20-15(3)24-14(2)11-28(20)26-19/h5-6,13-16,18H,3-4,7-12H2,1-2H3;4-5,12-14,16,18,33H,6-11,15H2,1-3H3;4-5,12-15,17H,3,6-11H2,1-2H3;8-12,16,23H,4-7H2,1-3H3/t;18-;;/m.1../s1. The number of nitrogens with zero attached hydrogens (tertiary/aromatic N) is 24. The summed E-state index contributed by atoms with van der Waals surface area (Å²) in [5, 5.41) is 30.8. The lowest BCUT2D eigenvalue weighted by Crippen LogP contribution is -2.52. The number of rotatable bonds is 20. The number of ether oxygens (including phenoxy) is 1. The molecule has 20 heterocycles. The Hall–Kier alpha value is -12.7. The van der Waals surface area contributed by atoms with Crippen LogP contribution in [0.4, 0.5) is 14.5 Å². The smallest absolute Gasteiger partial charge is 0.258 e. The molecule has 1 atom stereocenters. The molecule has 20 rings (SSSR count). The van der Waals surface area contributed by atoms with Gasteiger partial charge < -0.3 is 29.9 Å². The minimum Gasteiger partial charge on any atom is -0.394 e. The van der Waals surface area contributed by atoms with Crippen molar-refractivity contribution in [3.8, 4) is 45.6 Å². The average molecular weight is 1750 g/mol. The van der Waals surface area contributed by atoms with E-state index in [0.29, 0.717) is 118 Å². The highest BCUT2D eigenvalue weighted by atomic mass is 19.1. The fourth-order valence-corrected chi connectivity index (χ4v) is 18.6. The number of alkyl halides is 2. The number of hydrogen-bond donors (Lipinski definition) is 2. The lowest BCUT2D eigenvalue weighted by atomic mass is 9.90. The van der Waals surface area contributed by atoms with Gasteiger partial charge in [-0.25, -0.2) is 42.4 Å². The van der Waals surface area contributed by atoms with Gasteiger partial charge in [0.15, 0.2) is 0 Å². The number of piperidine rings is 3. The number of nitrogens with one attached hydrogen (secondary N) is 1. The third-order valence-corrected chi connectivity index (χ3v) is 25.3. The summed E-state index contributed by atoms with van der Waals surface area (Å²) < 4.78 is 44.2. The van der Waals surface area contributed by atoms with Crippen LogP contribution < -0.4 is 32.5 Å². The molecule has 16 aromatic heterocycles. The topological polar surface area (TPSA) is 313 Å². The van der Waals surface area contributed by atoms with Crippen LogP contribution in [0.5, 0.6) is 0 Å². The van der Waals surface area contributed by atoms with Gasteiger partial charge in [-0.3, -0.25) is 66.0 Å². The fraction of sp³-hybridized carbons (Fsp3) is 0.417. The van der Waals surface area contributed by atoms with E-state index in [2.05, 4.69) is 104 Å². The first-order valence-electron chi connectivity index (χ1n) is 45.0. The van der Waals surface area contributed by atoms with Gasteiger partial charge in [0.2, 0.25) is 0 Å². The first-order valence-corrected chi connectivity index (χ1v) is 45.0. The molecule has 0 aliphatic carbocycles. The number of aromatic nitrogens is 20. The molecule has 0 unspecified atom stereocenters. The zero-order chi connectivity index (χ0) is 89.8. The Morgan fingerprint density at radius 2 is 0.845 bits per heavy atom. The van der Waals surface area contributed by atoms with Crippen LogP contribution >= 0.6 is 0 Å². The first-order chi connectivity index (χ1) is 62.5. The Kier molecular flexibility index (Phi) is 26.5. The fourth-order valence-electron chi connectivity index (χ4n) is 18.6. The molecule has 0 bridgehead atoms. The van der Waals surface area contributed by atoms with Gasteiger partial charge >= 0.3 is 0 Å². The van der Waals surface area contributed by atoms with Gasteiger partial charge in [-0.15, -0.1) is 0 Å². The zero-order valence-corrected chi connectivity index (χ0v) is 75.0. The maximum atomic E-state index is 13.0. The largest absolute Gasteiger partial charge is 0.394 e. The minimum atomic E-state index is -0.299. The molecule has 0 amide bonds. The predicted molar refractivity (Wildman–Crippen MR) is 495 cm³/mol. The zero-order valence-electron chi connectivity index (χ0n) is 75.0. The molecule has 0 radical (unpaired) electrons. The van der Waals surface area contributed by atoms with E-state index >= 15 is 0 Å². The monoisotopic (exact) mass is 1750 g/mol. The molecule has 4 aliphatic heterocycles. The van der Waals surface area contributed by atoms with E-state index < -0.39 is 0 Å². The lowest BCUT2D eigenvalue weighted by Gasteiger charge is -2.41. The van der Waals surface area contributed by atoms with Crippen molar-refractivity contribution in [3.05, 3.63) is 250 Å². The van der Waals surface area contributed by atoms with Crippen LogP contribution in [-0.4, -0.2) is 233 Å². The van der Waals surface area contributed by atoms with Crippen LogP contribution in [0, 0.1) is 48.5 Å². The number of pyridine rings is 4. The Morgan fingerprint density at radius 3 is 1.31 bits per heavy atom. The summed E-state index contributed by atoms with van der Waals surface area (Å²) in [5.74, 6) is 1.27. The van der Waals surface area contributed by atoms with E-state index in [0.717, 1.165) is 213 Å². The number of anilines is 1. The Labute approximate surface area is 743 Å². The number of halogens is 2. The van der Waals surface area contributed by atoms with Crippen molar-refractivity contribution in [3.63, 3.8) is 0 Å². The van der Waals surface area contributed by atoms with Gasteiger partial charge in [-0.1, -0.05) is 32.0 Å². The Morgan fingerprint density at radius 1 is 0.419 bits per heavy atom. The Balaban J connectivity index is 0.000000121. The van der Waals surface area contributed by atoms with Crippen molar-refractivity contribution in [2.75, 3.05) is 117 Å². The summed E-state index contributed by atoms with van der Waals surface area (Å²) in [6.45, 7) is 31.1. The molecule has 0 aromatic carbocycles. The van der Waals surface area contributed by atoms with Gasteiger partial charge in [0.1, 0.15) is 52.0 Å². The number of aliphatic hydroxyl groups excluding tert-OH is 1. The summed E-state index contributed by atoms with van der Waals surface area (Å²) in [4.78, 5) is 98.3. The van der Waals surface area contributed by atoms with Crippen LogP contribution in [0.15, 0.2) is 160 Å². The molecule has 670 valence electrons. The summed E-state index contributed by atoms with van der Waals surface area (Å²) in [5.41, 5.74) is 23.5. The summed E-state index contributed by atoms with van der Waals surface area (Å²) in [7, 11) is 0. The average Bonchev–Trinajstić information content (AvgIpc) is 1.57. The highest BCUT2D eigenvalue weighted by molar-refractivity contribution is 5.71. The third-order valence-electron chi connectivity index (χ3n) is 25.3. The molecule has 4 saturated heterocycles. The lowest BCUT2D eigenvalue weighted by molar-refractivity contribution is 0.0624. The maximum Gasteiger partial charge on any atom is 0.258 e. The quantitative estimate of drug-likeness (QED) is 0.0670. The highest BCUT2D eigenvalue weighted by Crippen LogP contribution is 2.34. The van der Waals surface area contributed by atoms with E-state index in [-0.39, 0.29) is 42.2 Å². The second-order valence-electron chi connectivity index (χ2n) is 34.5. The predicted octanol–water partition coefficient (Wildman–Crippen LogP) is 11.6. The molecule has 31 nitrogen and oxygen atoms in total. The van der Waals surface area contributed by atoms with Crippen LogP contribution in [0.3, 0.4) is 0 Å². The number of aliphatic hydroxyl groups is 1. The third kappa shape index (κ3) is 19.4. The number of likely N-dealkylation sites (tertiary alicyclic amines) is 2. The van der Waals surface area contributed by atoms with Gasteiger partial charge in [0, 0.05) is 94.4 Å². The number of fused-ring (bicyclic) bond motifs is 8. The normalized spacial score (nSPS) is 16.0. The SMILES string of the molecule is CCc1nc(C)cn2nc(-c3cc(=O)n4cc(C5CCN(CCCF)CC5)ccc4n3)cc12.CCc1nc(C)cn2nc(-c3cc(=O)n4cc(C5CCN(CCF)CC5)ccc4n3)cc12.Cc1cn2nc(-c3cc(=O)n4cc(C5CCNCC5)cc(C)c4n3)cc2c(C)n1.Cc1cn2nc(-c3cc(=O)n4cc(N5CCN(CCOCCO)[C@H](C)C5)ccc4n3)cc2c(C)n1. The van der Waals surface area contributed by atoms with Crippen molar-refractivity contribution in [1.82, 2.24) is 116 Å². The number of piperazine rings is 1. The molecule has 16 aromatic rings. The number of hydrogen-bond acceptors (Lipinski definition) is 23. The minimum absolute atomic E-state index is 0.0524. The van der Waals surface area contributed by atoms with E-state index in [1.165, 1.54) is 5.56 Å². The molecule has 4 aliphatic rings. The van der Waals surface area contributed by atoms with Gasteiger partial charge in [0.05, 0.1) is 147 Å². The first kappa shape index (κ1) is 88.4. The molecule has 129 heavy (non-hydrogen) atoms. The maximum absolute atomic E-state index is 13.0. The molecule has 0 spiro atoms. The molecule has 33 heteroatoms. The van der Waals surface area contributed by atoms with Gasteiger partial charge in [0.25, 0.3) is 22.2 Å². The summed E-state index contributed by atoms with van der Waals surface area (Å²) in [6.07, 6.45) is 23.6. The van der Waals surface area contributed by atoms with Crippen molar-refractivity contribution >= 4 is 50.3 Å². The van der Waals surface area contributed by atoms with Gasteiger partial charge in [-0.2, -0.15) is 20.4 Å². The summed E-state index contributed by atoms with van der Waals surface area (Å²) >= 11 is 0. The highest BCUT2D eigenvalue weighted by Gasteiger charge is 2.28. The molecular formula is C96H111F2N25O6. The Bertz CT molecular complexity index is 7070. The number of aryl methyl sites for hydroxylation is 9. The summed E-state index contributed by atoms with van der Waals surface area (Å²) in [6, 6.07) is 28.4. The molecular weight excluding hydrogens is 1640 g/mol. The van der Waals surface area contributed by atoms with E-state index in [9.17, 15) is 28.0 Å². The van der Waals surface area contributed by atoms with Crippen molar-refractivity contribution in [2.45, 2.75) is 151 Å². The second-order valence-corrected chi connectivity index (χ2v) is 34.5. The van der Waals surface area contributed by atoms with Crippen LogP contribution in [-0.2, 0) is 17.6 Å². The van der Waals surface area contributed by atoms with Crippen molar-refractivity contribution in [2.24, 2.45) is 0 Å². The molecule has 4 fully saturated rings. The second kappa shape index (κ2) is 38.7. The van der Waals surface area contributed by atoms with Crippen molar-refractivity contribution in [1.29, 1.82) is 0 Å². The van der Waals surface area contributed by atoms with Crippen molar-refractivity contribution < 1.29 is 18.6 Å². The van der Waals surface area contributed by atoms with Crippen LogP contribution in [0.25, 0.3) is 90.2 Å². The van der Waals surface area contributed by atoms with E-state index in [1.54, 1.807) is 46.4 Å². The van der Waals surface area contributed by atoms with E-state index in [4.69, 9.17) is 29.8 Å². The molecule has 0 saturated carbocycles. The van der Waals surface area contributed by atoms with Gasteiger partial charge in [-0.05, 0) is 241 Å². The van der Waals surface area contributed by atoms with E-state index in [1.807, 2.05) is 160 Å². The van der Waals surface area contributed by atoms with Crippen LogP contribution in [0.1, 0.15) is 151 Å².